The Hall–Kier alpha value is -1.70. The van der Waals surface area contributed by atoms with Crippen molar-refractivity contribution in [2.75, 3.05) is 0 Å². The van der Waals surface area contributed by atoms with Crippen LogP contribution in [0.25, 0.3) is 0 Å². The maximum Gasteiger partial charge on any atom is 0.224 e. The molecule has 1 heterocycles. The van der Waals surface area contributed by atoms with Gasteiger partial charge in [0.25, 0.3) is 0 Å². The van der Waals surface area contributed by atoms with Crippen LogP contribution in [-0.2, 0) is 15.8 Å². The molecule has 0 bridgehead atoms. The van der Waals surface area contributed by atoms with Gasteiger partial charge in [0.1, 0.15) is 16.7 Å². The predicted molar refractivity (Wildman–Crippen MR) is 75.1 cm³/mol. The van der Waals surface area contributed by atoms with Gasteiger partial charge in [-0.2, -0.15) is 4.98 Å². The van der Waals surface area contributed by atoms with E-state index in [0.29, 0.717) is 28.2 Å². The van der Waals surface area contributed by atoms with E-state index >= 15 is 0 Å². The number of sulfonamides is 1. The van der Waals surface area contributed by atoms with Crippen LogP contribution in [0.4, 0.5) is 0 Å². The SMILES string of the molecule is Cc1nc(Cl)cc(Oc2ccc(CS(N)(=O)=O)cc2)n1. The van der Waals surface area contributed by atoms with Crippen molar-refractivity contribution in [3.63, 3.8) is 0 Å². The van der Waals surface area contributed by atoms with E-state index in [4.69, 9.17) is 21.5 Å². The molecule has 0 aliphatic carbocycles. The summed E-state index contributed by atoms with van der Waals surface area (Å²) in [7, 11) is -3.54. The van der Waals surface area contributed by atoms with Crippen LogP contribution < -0.4 is 9.88 Å². The number of aromatic nitrogens is 2. The van der Waals surface area contributed by atoms with Gasteiger partial charge in [0.2, 0.25) is 15.9 Å². The number of primary sulfonamides is 1. The van der Waals surface area contributed by atoms with Crippen LogP contribution in [0.1, 0.15) is 11.4 Å². The maximum atomic E-state index is 11.0. The smallest absolute Gasteiger partial charge is 0.224 e. The summed E-state index contributed by atoms with van der Waals surface area (Å²) in [6.45, 7) is 1.70. The Balaban J connectivity index is 2.14. The molecule has 20 heavy (non-hydrogen) atoms. The third-order valence-electron chi connectivity index (χ3n) is 2.30. The molecule has 0 atom stereocenters. The number of nitrogens with two attached hydrogens (primary N) is 1. The molecule has 1 aromatic carbocycles. The van der Waals surface area contributed by atoms with Crippen molar-refractivity contribution in [3.8, 4) is 11.6 Å². The van der Waals surface area contributed by atoms with Gasteiger partial charge >= 0.3 is 0 Å². The zero-order chi connectivity index (χ0) is 14.8. The Labute approximate surface area is 121 Å². The monoisotopic (exact) mass is 313 g/mol. The summed E-state index contributed by atoms with van der Waals surface area (Å²) in [5.74, 6) is 1.11. The second kappa shape index (κ2) is 5.74. The average molecular weight is 314 g/mol. The maximum absolute atomic E-state index is 11.0. The summed E-state index contributed by atoms with van der Waals surface area (Å²) in [4.78, 5) is 8.00. The molecule has 0 fully saturated rings. The van der Waals surface area contributed by atoms with Gasteiger partial charge in [-0.3, -0.25) is 0 Å². The number of aryl methyl sites for hydroxylation is 1. The lowest BCUT2D eigenvalue weighted by Crippen LogP contribution is -2.14. The summed E-state index contributed by atoms with van der Waals surface area (Å²) >= 11 is 5.80. The number of hydrogen-bond acceptors (Lipinski definition) is 5. The minimum absolute atomic E-state index is 0.217. The minimum Gasteiger partial charge on any atom is -0.439 e. The first-order valence-corrected chi connectivity index (χ1v) is 7.70. The van der Waals surface area contributed by atoms with Gasteiger partial charge in [-0.25, -0.2) is 18.5 Å². The van der Waals surface area contributed by atoms with Crippen molar-refractivity contribution in [1.82, 2.24) is 9.97 Å². The van der Waals surface area contributed by atoms with E-state index in [-0.39, 0.29) is 5.75 Å². The lowest BCUT2D eigenvalue weighted by molar-refractivity contribution is 0.459. The van der Waals surface area contributed by atoms with Crippen molar-refractivity contribution in [2.24, 2.45) is 5.14 Å². The lowest BCUT2D eigenvalue weighted by atomic mass is 10.2. The molecule has 0 unspecified atom stereocenters. The first kappa shape index (κ1) is 14.7. The van der Waals surface area contributed by atoms with Crippen LogP contribution in [0.3, 0.4) is 0 Å². The molecule has 0 radical (unpaired) electrons. The van der Waals surface area contributed by atoms with Gasteiger partial charge in [0.15, 0.2) is 0 Å². The molecule has 0 aliphatic heterocycles. The average Bonchev–Trinajstić information content (AvgIpc) is 2.28. The fraction of sp³-hybridized carbons (Fsp3) is 0.167. The molecule has 2 rings (SSSR count). The molecule has 0 spiro atoms. The van der Waals surface area contributed by atoms with Gasteiger partial charge in [0.05, 0.1) is 5.75 Å². The summed E-state index contributed by atoms with van der Waals surface area (Å²) in [6, 6.07) is 8.00. The number of halogens is 1. The topological polar surface area (TPSA) is 95.2 Å². The Morgan fingerprint density at radius 2 is 1.90 bits per heavy atom. The highest BCUT2D eigenvalue weighted by molar-refractivity contribution is 7.88. The molecule has 0 saturated heterocycles. The van der Waals surface area contributed by atoms with E-state index in [9.17, 15) is 8.42 Å². The van der Waals surface area contributed by atoms with Gasteiger partial charge in [-0.15, -0.1) is 0 Å². The van der Waals surface area contributed by atoms with Crippen molar-refractivity contribution in [1.29, 1.82) is 0 Å². The van der Waals surface area contributed by atoms with Crippen molar-refractivity contribution in [2.45, 2.75) is 12.7 Å². The second-order valence-electron chi connectivity index (χ2n) is 4.13. The normalized spacial score (nSPS) is 11.3. The van der Waals surface area contributed by atoms with Gasteiger partial charge in [-0.05, 0) is 24.6 Å². The van der Waals surface area contributed by atoms with Crippen LogP contribution in [0.15, 0.2) is 30.3 Å². The third kappa shape index (κ3) is 4.44. The lowest BCUT2D eigenvalue weighted by Gasteiger charge is -2.06. The van der Waals surface area contributed by atoms with Crippen LogP contribution in [0.5, 0.6) is 11.6 Å². The quantitative estimate of drug-likeness (QED) is 0.871. The highest BCUT2D eigenvalue weighted by Gasteiger charge is 2.06. The summed E-state index contributed by atoms with van der Waals surface area (Å²) in [5.41, 5.74) is 0.580. The van der Waals surface area contributed by atoms with Crippen molar-refractivity contribution in [3.05, 3.63) is 46.9 Å². The third-order valence-corrected chi connectivity index (χ3v) is 3.23. The first-order valence-electron chi connectivity index (χ1n) is 5.60. The largest absolute Gasteiger partial charge is 0.439 e. The van der Waals surface area contributed by atoms with E-state index in [1.807, 2.05) is 0 Å². The highest BCUT2D eigenvalue weighted by atomic mass is 35.5. The number of nitrogens with zero attached hydrogens (tertiary/aromatic N) is 2. The number of rotatable bonds is 4. The molecule has 0 saturated carbocycles. The Morgan fingerprint density at radius 3 is 2.45 bits per heavy atom. The van der Waals surface area contributed by atoms with Crippen LogP contribution in [0.2, 0.25) is 5.15 Å². The van der Waals surface area contributed by atoms with E-state index in [1.54, 1.807) is 31.2 Å². The molecule has 6 nitrogen and oxygen atoms in total. The molecular formula is C12H12ClN3O3S. The molecular weight excluding hydrogens is 302 g/mol. The standard InChI is InChI=1S/C12H12ClN3O3S/c1-8-15-11(13)6-12(16-8)19-10-4-2-9(3-5-10)7-20(14,17)18/h2-6H,7H2,1H3,(H2,14,17,18). The molecule has 1 aromatic heterocycles. The van der Waals surface area contributed by atoms with Gasteiger partial charge in [0, 0.05) is 6.07 Å². The first-order chi connectivity index (χ1) is 9.32. The molecule has 2 N–H and O–H groups in total. The number of hydrogen-bond donors (Lipinski definition) is 1. The molecule has 106 valence electrons. The van der Waals surface area contributed by atoms with Crippen LogP contribution in [0, 0.1) is 6.92 Å². The zero-order valence-electron chi connectivity index (χ0n) is 10.6. The van der Waals surface area contributed by atoms with Crippen molar-refractivity contribution >= 4 is 21.6 Å². The summed E-state index contributed by atoms with van der Waals surface area (Å²) < 4.78 is 27.4. The second-order valence-corrected chi connectivity index (χ2v) is 6.13. The summed E-state index contributed by atoms with van der Waals surface area (Å²) in [5, 5.41) is 5.26. The van der Waals surface area contributed by atoms with E-state index < -0.39 is 10.0 Å². The molecule has 8 heteroatoms. The van der Waals surface area contributed by atoms with Crippen LogP contribution >= 0.6 is 11.6 Å². The predicted octanol–water partition coefficient (Wildman–Crippen LogP) is 2.02. The summed E-state index contributed by atoms with van der Waals surface area (Å²) in [6.07, 6.45) is 0. The molecule has 0 amide bonds. The number of benzene rings is 1. The highest BCUT2D eigenvalue weighted by Crippen LogP contribution is 2.22. The van der Waals surface area contributed by atoms with Gasteiger partial charge in [-0.1, -0.05) is 23.7 Å². The fourth-order valence-corrected chi connectivity index (χ4v) is 2.44. The number of ether oxygens (including phenoxy) is 1. The Bertz CT molecular complexity index is 697. The fourth-order valence-electron chi connectivity index (χ4n) is 1.56. The zero-order valence-corrected chi connectivity index (χ0v) is 12.1. The van der Waals surface area contributed by atoms with E-state index in [2.05, 4.69) is 9.97 Å². The Morgan fingerprint density at radius 1 is 1.25 bits per heavy atom. The Kier molecular flexibility index (Phi) is 4.22. The van der Waals surface area contributed by atoms with Crippen molar-refractivity contribution < 1.29 is 13.2 Å². The van der Waals surface area contributed by atoms with Crippen LogP contribution in [-0.4, -0.2) is 18.4 Å². The minimum atomic E-state index is -3.54. The van der Waals surface area contributed by atoms with E-state index in [1.165, 1.54) is 6.07 Å². The van der Waals surface area contributed by atoms with Gasteiger partial charge < -0.3 is 4.74 Å². The molecule has 2 aromatic rings. The van der Waals surface area contributed by atoms with E-state index in [0.717, 1.165) is 0 Å². The molecule has 0 aliphatic rings.